The Morgan fingerprint density at radius 1 is 1.38 bits per heavy atom. The smallest absolute Gasteiger partial charge is 0.143 e. The highest BCUT2D eigenvalue weighted by Gasteiger charge is 1.97. The zero-order valence-corrected chi connectivity index (χ0v) is 7.52. The topological polar surface area (TPSA) is 43.6 Å². The summed E-state index contributed by atoms with van der Waals surface area (Å²) >= 11 is 5.70. The van der Waals surface area contributed by atoms with Gasteiger partial charge in [-0.2, -0.15) is 0 Å². The van der Waals surface area contributed by atoms with Gasteiger partial charge in [0, 0.05) is 5.88 Å². The molecule has 1 aromatic heterocycles. The standard InChI is InChI=1S/C8H7ClN4/c9-5-7-2-1-3-8(4-7)13-6-10-11-12-13/h1-4,6H,5H2. The first-order valence-corrected chi connectivity index (χ1v) is 4.32. The molecule has 0 unspecified atom stereocenters. The van der Waals surface area contributed by atoms with Crippen LogP contribution >= 0.6 is 11.6 Å². The van der Waals surface area contributed by atoms with E-state index >= 15 is 0 Å². The van der Waals surface area contributed by atoms with Gasteiger partial charge in [0.1, 0.15) is 6.33 Å². The maximum atomic E-state index is 5.70. The molecular weight excluding hydrogens is 188 g/mol. The number of halogens is 1. The summed E-state index contributed by atoms with van der Waals surface area (Å²) in [5.41, 5.74) is 1.97. The first-order valence-electron chi connectivity index (χ1n) is 3.78. The summed E-state index contributed by atoms with van der Waals surface area (Å²) in [4.78, 5) is 0. The Kier molecular flexibility index (Phi) is 2.23. The van der Waals surface area contributed by atoms with Gasteiger partial charge in [-0.1, -0.05) is 12.1 Å². The fourth-order valence-corrected chi connectivity index (χ4v) is 1.23. The zero-order valence-electron chi connectivity index (χ0n) is 6.76. The summed E-state index contributed by atoms with van der Waals surface area (Å²) in [5.74, 6) is 0.496. The van der Waals surface area contributed by atoms with Gasteiger partial charge in [0.2, 0.25) is 0 Å². The van der Waals surface area contributed by atoms with Crippen molar-refractivity contribution in [3.63, 3.8) is 0 Å². The van der Waals surface area contributed by atoms with Gasteiger partial charge in [-0.3, -0.25) is 0 Å². The average molecular weight is 195 g/mol. The summed E-state index contributed by atoms with van der Waals surface area (Å²) in [7, 11) is 0. The molecule has 0 saturated carbocycles. The van der Waals surface area contributed by atoms with E-state index in [1.54, 1.807) is 11.0 Å². The van der Waals surface area contributed by atoms with E-state index in [0.717, 1.165) is 11.3 Å². The Morgan fingerprint density at radius 2 is 2.31 bits per heavy atom. The molecule has 5 heteroatoms. The summed E-state index contributed by atoms with van der Waals surface area (Å²) < 4.78 is 1.59. The van der Waals surface area contributed by atoms with Crippen LogP contribution in [0.15, 0.2) is 30.6 Å². The molecule has 0 aliphatic heterocycles. The molecule has 2 aromatic rings. The number of alkyl halides is 1. The fraction of sp³-hybridized carbons (Fsp3) is 0.125. The van der Waals surface area contributed by atoms with E-state index in [9.17, 15) is 0 Å². The van der Waals surface area contributed by atoms with Crippen LogP contribution in [0, 0.1) is 0 Å². The van der Waals surface area contributed by atoms with Gasteiger partial charge in [-0.15, -0.1) is 16.7 Å². The first-order chi connectivity index (χ1) is 6.40. The van der Waals surface area contributed by atoms with Crippen LogP contribution in [0.1, 0.15) is 5.56 Å². The Morgan fingerprint density at radius 3 is 3.00 bits per heavy atom. The van der Waals surface area contributed by atoms with Crippen LogP contribution in [0.2, 0.25) is 0 Å². The van der Waals surface area contributed by atoms with Crippen molar-refractivity contribution in [3.8, 4) is 5.69 Å². The molecule has 1 aromatic carbocycles. The largest absolute Gasteiger partial charge is 0.201 e. The lowest BCUT2D eigenvalue weighted by molar-refractivity contribution is 0.788. The number of tetrazole rings is 1. The highest BCUT2D eigenvalue weighted by molar-refractivity contribution is 6.17. The van der Waals surface area contributed by atoms with E-state index in [-0.39, 0.29) is 0 Å². The number of rotatable bonds is 2. The van der Waals surface area contributed by atoms with E-state index < -0.39 is 0 Å². The minimum Gasteiger partial charge on any atom is -0.201 e. The molecule has 0 amide bonds. The molecule has 0 atom stereocenters. The highest BCUT2D eigenvalue weighted by atomic mass is 35.5. The molecule has 0 aliphatic carbocycles. The molecule has 0 radical (unpaired) electrons. The van der Waals surface area contributed by atoms with Gasteiger partial charge in [-0.05, 0) is 28.1 Å². The van der Waals surface area contributed by atoms with Gasteiger partial charge < -0.3 is 0 Å². The molecule has 0 spiro atoms. The lowest BCUT2D eigenvalue weighted by Crippen LogP contribution is -1.95. The lowest BCUT2D eigenvalue weighted by Gasteiger charge is -2.00. The number of aromatic nitrogens is 4. The third-order valence-electron chi connectivity index (χ3n) is 1.68. The number of hydrogen-bond donors (Lipinski definition) is 0. The molecule has 2 rings (SSSR count). The predicted molar refractivity (Wildman–Crippen MR) is 48.7 cm³/mol. The molecule has 66 valence electrons. The van der Waals surface area contributed by atoms with E-state index in [1.165, 1.54) is 0 Å². The quantitative estimate of drug-likeness (QED) is 0.679. The normalized spacial score (nSPS) is 10.2. The van der Waals surface area contributed by atoms with Crippen LogP contribution in [0.4, 0.5) is 0 Å². The van der Waals surface area contributed by atoms with Gasteiger partial charge in [-0.25, -0.2) is 4.68 Å². The van der Waals surface area contributed by atoms with Crippen molar-refractivity contribution in [2.75, 3.05) is 0 Å². The zero-order chi connectivity index (χ0) is 9.10. The fourth-order valence-electron chi connectivity index (χ4n) is 1.06. The SMILES string of the molecule is ClCc1cccc(-n2cnnn2)c1. The van der Waals surface area contributed by atoms with Crippen molar-refractivity contribution in [1.82, 2.24) is 20.2 Å². The summed E-state index contributed by atoms with van der Waals surface area (Å²) in [6, 6.07) is 7.76. The van der Waals surface area contributed by atoms with Gasteiger partial charge in [0.15, 0.2) is 0 Å². The molecule has 1 heterocycles. The second-order valence-corrected chi connectivity index (χ2v) is 2.83. The monoisotopic (exact) mass is 194 g/mol. The summed E-state index contributed by atoms with van der Waals surface area (Å²) in [5, 5.41) is 10.9. The second-order valence-electron chi connectivity index (χ2n) is 2.56. The van der Waals surface area contributed by atoms with Crippen molar-refractivity contribution in [1.29, 1.82) is 0 Å². The van der Waals surface area contributed by atoms with Crippen molar-refractivity contribution in [2.45, 2.75) is 5.88 Å². The van der Waals surface area contributed by atoms with Crippen LogP contribution in [0.25, 0.3) is 5.69 Å². The minimum absolute atomic E-state index is 0.496. The third kappa shape index (κ3) is 1.67. The van der Waals surface area contributed by atoms with E-state index in [0.29, 0.717) is 5.88 Å². The number of nitrogens with zero attached hydrogens (tertiary/aromatic N) is 4. The molecule has 13 heavy (non-hydrogen) atoms. The molecular formula is C8H7ClN4. The molecule has 4 nitrogen and oxygen atoms in total. The number of benzene rings is 1. The van der Waals surface area contributed by atoms with Crippen LogP contribution in [0.5, 0.6) is 0 Å². The van der Waals surface area contributed by atoms with Crippen molar-refractivity contribution < 1.29 is 0 Å². The Balaban J connectivity index is 2.41. The van der Waals surface area contributed by atoms with Gasteiger partial charge in [0.25, 0.3) is 0 Å². The molecule has 0 saturated heterocycles. The average Bonchev–Trinajstić information content (AvgIpc) is 2.71. The second kappa shape index (κ2) is 3.53. The van der Waals surface area contributed by atoms with Crippen LogP contribution in [-0.2, 0) is 5.88 Å². The van der Waals surface area contributed by atoms with E-state index in [4.69, 9.17) is 11.6 Å². The van der Waals surface area contributed by atoms with Gasteiger partial charge >= 0.3 is 0 Å². The van der Waals surface area contributed by atoms with E-state index in [1.807, 2.05) is 24.3 Å². The van der Waals surface area contributed by atoms with Crippen molar-refractivity contribution in [3.05, 3.63) is 36.2 Å². The Bertz CT molecular complexity index is 385. The maximum absolute atomic E-state index is 5.70. The maximum Gasteiger partial charge on any atom is 0.143 e. The lowest BCUT2D eigenvalue weighted by atomic mass is 10.2. The molecule has 0 bridgehead atoms. The van der Waals surface area contributed by atoms with Crippen molar-refractivity contribution >= 4 is 11.6 Å². The highest BCUT2D eigenvalue weighted by Crippen LogP contribution is 2.10. The van der Waals surface area contributed by atoms with Crippen LogP contribution < -0.4 is 0 Å². The number of hydrogen-bond acceptors (Lipinski definition) is 3. The van der Waals surface area contributed by atoms with Crippen LogP contribution in [0.3, 0.4) is 0 Å². The minimum atomic E-state index is 0.496. The first kappa shape index (κ1) is 8.19. The van der Waals surface area contributed by atoms with Crippen molar-refractivity contribution in [2.24, 2.45) is 0 Å². The third-order valence-corrected chi connectivity index (χ3v) is 1.99. The Hall–Kier alpha value is -1.42. The Labute approximate surface area is 80.1 Å². The predicted octanol–water partition coefficient (Wildman–Crippen LogP) is 1.40. The van der Waals surface area contributed by atoms with E-state index in [2.05, 4.69) is 15.5 Å². The van der Waals surface area contributed by atoms with Gasteiger partial charge in [0.05, 0.1) is 5.69 Å². The molecule has 0 N–H and O–H groups in total. The summed E-state index contributed by atoms with van der Waals surface area (Å²) in [6.07, 6.45) is 1.55. The molecule has 0 fully saturated rings. The summed E-state index contributed by atoms with van der Waals surface area (Å²) in [6.45, 7) is 0. The van der Waals surface area contributed by atoms with Crippen LogP contribution in [-0.4, -0.2) is 20.2 Å². The molecule has 0 aliphatic rings.